The summed E-state index contributed by atoms with van der Waals surface area (Å²) in [4.78, 5) is 14.6. The van der Waals surface area contributed by atoms with Crippen LogP contribution in [0.5, 0.6) is 5.75 Å². The lowest BCUT2D eigenvalue weighted by atomic mass is 10.0. The van der Waals surface area contributed by atoms with Gasteiger partial charge in [-0.05, 0) is 44.4 Å². The molecule has 2 amide bonds. The SMILES string of the molecule is CCOc1ccc(C2CCCN2C(=O)Nc2nn(C)cc2C)cc1. The van der Waals surface area contributed by atoms with E-state index in [-0.39, 0.29) is 12.1 Å². The average molecular weight is 328 g/mol. The van der Waals surface area contributed by atoms with Crippen molar-refractivity contribution in [1.82, 2.24) is 14.7 Å². The molecule has 1 aromatic heterocycles. The van der Waals surface area contributed by atoms with Gasteiger partial charge in [-0.2, -0.15) is 5.10 Å². The second-order valence-corrected chi connectivity index (χ2v) is 6.12. The molecule has 3 rings (SSSR count). The quantitative estimate of drug-likeness (QED) is 0.934. The molecular formula is C18H24N4O2. The summed E-state index contributed by atoms with van der Waals surface area (Å²) in [5, 5.41) is 7.23. The first-order chi connectivity index (χ1) is 11.6. The zero-order valence-corrected chi connectivity index (χ0v) is 14.5. The smallest absolute Gasteiger partial charge is 0.323 e. The Labute approximate surface area is 142 Å². The number of carbonyl (C=O) groups is 1. The topological polar surface area (TPSA) is 59.4 Å². The zero-order valence-electron chi connectivity index (χ0n) is 14.5. The lowest BCUT2D eigenvalue weighted by Gasteiger charge is -2.25. The van der Waals surface area contributed by atoms with E-state index in [0.29, 0.717) is 12.4 Å². The van der Waals surface area contributed by atoms with E-state index in [2.05, 4.69) is 10.4 Å². The van der Waals surface area contributed by atoms with Gasteiger partial charge >= 0.3 is 6.03 Å². The number of nitrogens with one attached hydrogen (secondary N) is 1. The fraction of sp³-hybridized carbons (Fsp3) is 0.444. The van der Waals surface area contributed by atoms with Gasteiger partial charge in [-0.15, -0.1) is 0 Å². The summed E-state index contributed by atoms with van der Waals surface area (Å²) >= 11 is 0. The first kappa shape index (κ1) is 16.4. The number of carbonyl (C=O) groups excluding carboxylic acids is 1. The molecule has 0 aliphatic carbocycles. The summed E-state index contributed by atoms with van der Waals surface area (Å²) in [5.74, 6) is 1.49. The van der Waals surface area contributed by atoms with Gasteiger partial charge in [-0.1, -0.05) is 12.1 Å². The third-order valence-electron chi connectivity index (χ3n) is 4.33. The van der Waals surface area contributed by atoms with Crippen LogP contribution < -0.4 is 10.1 Å². The van der Waals surface area contributed by atoms with Crippen LogP contribution in [0.2, 0.25) is 0 Å². The Morgan fingerprint density at radius 2 is 2.12 bits per heavy atom. The fourth-order valence-electron chi connectivity index (χ4n) is 3.21. The van der Waals surface area contributed by atoms with Gasteiger partial charge in [0, 0.05) is 25.4 Å². The molecule has 1 saturated heterocycles. The minimum atomic E-state index is -0.0896. The molecular weight excluding hydrogens is 304 g/mol. The Kier molecular flexibility index (Phi) is 4.74. The minimum Gasteiger partial charge on any atom is -0.494 e. The Morgan fingerprint density at radius 1 is 1.38 bits per heavy atom. The van der Waals surface area contributed by atoms with Gasteiger partial charge in [-0.3, -0.25) is 10.00 Å². The minimum absolute atomic E-state index is 0.0896. The molecule has 1 aromatic carbocycles. The van der Waals surface area contributed by atoms with Crippen molar-refractivity contribution < 1.29 is 9.53 Å². The van der Waals surface area contributed by atoms with Crippen LogP contribution in [0.15, 0.2) is 30.5 Å². The normalized spacial score (nSPS) is 17.1. The second kappa shape index (κ2) is 6.95. The predicted octanol–water partition coefficient (Wildman–Crippen LogP) is 3.50. The molecule has 0 spiro atoms. The van der Waals surface area contributed by atoms with Crippen LogP contribution in [0.3, 0.4) is 0 Å². The number of aryl methyl sites for hydroxylation is 2. The van der Waals surface area contributed by atoms with Gasteiger partial charge in [0.2, 0.25) is 0 Å². The largest absolute Gasteiger partial charge is 0.494 e. The van der Waals surface area contributed by atoms with Crippen LogP contribution in [-0.4, -0.2) is 33.9 Å². The van der Waals surface area contributed by atoms with Gasteiger partial charge in [0.25, 0.3) is 0 Å². The molecule has 1 atom stereocenters. The maximum Gasteiger partial charge on any atom is 0.323 e. The van der Waals surface area contributed by atoms with E-state index in [1.54, 1.807) is 4.68 Å². The highest BCUT2D eigenvalue weighted by molar-refractivity contribution is 5.89. The zero-order chi connectivity index (χ0) is 17.1. The molecule has 24 heavy (non-hydrogen) atoms. The lowest BCUT2D eigenvalue weighted by Crippen LogP contribution is -2.34. The molecule has 6 heteroatoms. The summed E-state index contributed by atoms with van der Waals surface area (Å²) in [6, 6.07) is 8.05. The standard InChI is InChI=1S/C18H24N4O2/c1-4-24-15-9-7-14(8-10-15)16-6-5-11-22(16)18(23)19-17-13(2)12-21(3)20-17/h7-10,12,16H,4-6,11H2,1-3H3,(H,19,20,23). The maximum absolute atomic E-state index is 12.7. The van der Waals surface area contributed by atoms with E-state index in [1.165, 1.54) is 0 Å². The summed E-state index contributed by atoms with van der Waals surface area (Å²) in [7, 11) is 1.85. The van der Waals surface area contributed by atoms with E-state index in [4.69, 9.17) is 4.74 Å². The number of hydrogen-bond acceptors (Lipinski definition) is 3. The first-order valence-electron chi connectivity index (χ1n) is 8.39. The highest BCUT2D eigenvalue weighted by Crippen LogP contribution is 2.33. The monoisotopic (exact) mass is 328 g/mol. The predicted molar refractivity (Wildman–Crippen MR) is 93.3 cm³/mol. The van der Waals surface area contributed by atoms with Gasteiger partial charge in [-0.25, -0.2) is 4.79 Å². The number of amides is 2. The van der Waals surface area contributed by atoms with Gasteiger partial charge < -0.3 is 9.64 Å². The van der Waals surface area contributed by atoms with Crippen molar-refractivity contribution in [3.05, 3.63) is 41.6 Å². The number of rotatable bonds is 4. The molecule has 128 valence electrons. The van der Waals surface area contributed by atoms with Crippen molar-refractivity contribution in [3.8, 4) is 5.75 Å². The number of likely N-dealkylation sites (tertiary alicyclic amines) is 1. The number of ether oxygens (including phenoxy) is 1. The van der Waals surface area contributed by atoms with Crippen LogP contribution >= 0.6 is 0 Å². The van der Waals surface area contributed by atoms with Crippen molar-refractivity contribution >= 4 is 11.8 Å². The second-order valence-electron chi connectivity index (χ2n) is 6.12. The van der Waals surface area contributed by atoms with Crippen LogP contribution in [0.1, 0.15) is 36.9 Å². The van der Waals surface area contributed by atoms with Crippen molar-refractivity contribution in [2.24, 2.45) is 7.05 Å². The van der Waals surface area contributed by atoms with Gasteiger partial charge in [0.1, 0.15) is 5.75 Å². The first-order valence-corrected chi connectivity index (χ1v) is 8.39. The number of urea groups is 1. The van der Waals surface area contributed by atoms with E-state index in [9.17, 15) is 4.79 Å². The van der Waals surface area contributed by atoms with Crippen LogP contribution in [-0.2, 0) is 7.05 Å². The molecule has 0 saturated carbocycles. The Balaban J connectivity index is 1.72. The van der Waals surface area contributed by atoms with Crippen molar-refractivity contribution in [2.75, 3.05) is 18.5 Å². The Hall–Kier alpha value is -2.50. The molecule has 2 aromatic rings. The highest BCUT2D eigenvalue weighted by atomic mass is 16.5. The summed E-state index contributed by atoms with van der Waals surface area (Å²) in [6.45, 7) is 5.32. The summed E-state index contributed by atoms with van der Waals surface area (Å²) in [5.41, 5.74) is 2.10. The number of hydrogen-bond donors (Lipinski definition) is 1. The van der Waals surface area contributed by atoms with Crippen LogP contribution in [0.25, 0.3) is 0 Å². The van der Waals surface area contributed by atoms with E-state index in [0.717, 1.165) is 36.3 Å². The fourth-order valence-corrected chi connectivity index (χ4v) is 3.21. The summed E-state index contributed by atoms with van der Waals surface area (Å²) in [6.07, 6.45) is 3.87. The number of benzene rings is 1. The Morgan fingerprint density at radius 3 is 2.75 bits per heavy atom. The molecule has 2 heterocycles. The van der Waals surface area contributed by atoms with Gasteiger partial charge in [0.05, 0.1) is 12.6 Å². The van der Waals surface area contributed by atoms with E-state index in [1.807, 2.05) is 56.3 Å². The van der Waals surface area contributed by atoms with Crippen LogP contribution in [0, 0.1) is 6.92 Å². The maximum atomic E-state index is 12.7. The molecule has 1 aliphatic rings. The third-order valence-corrected chi connectivity index (χ3v) is 4.33. The summed E-state index contributed by atoms with van der Waals surface area (Å²) < 4.78 is 7.20. The average Bonchev–Trinajstić information content (AvgIpc) is 3.15. The number of aromatic nitrogens is 2. The molecule has 1 N–H and O–H groups in total. The highest BCUT2D eigenvalue weighted by Gasteiger charge is 2.30. The molecule has 6 nitrogen and oxygen atoms in total. The Bertz CT molecular complexity index is 708. The molecule has 1 fully saturated rings. The molecule has 1 aliphatic heterocycles. The van der Waals surface area contributed by atoms with Gasteiger partial charge in [0.15, 0.2) is 5.82 Å². The number of anilines is 1. The van der Waals surface area contributed by atoms with Crippen molar-refractivity contribution in [3.63, 3.8) is 0 Å². The molecule has 0 bridgehead atoms. The number of nitrogens with zero attached hydrogens (tertiary/aromatic N) is 3. The van der Waals surface area contributed by atoms with Crippen molar-refractivity contribution in [1.29, 1.82) is 0 Å². The lowest BCUT2D eigenvalue weighted by molar-refractivity contribution is 0.207. The third kappa shape index (κ3) is 3.37. The van der Waals surface area contributed by atoms with E-state index < -0.39 is 0 Å². The molecule has 1 unspecified atom stereocenters. The van der Waals surface area contributed by atoms with Crippen molar-refractivity contribution in [2.45, 2.75) is 32.7 Å². The molecule has 0 radical (unpaired) electrons. The van der Waals surface area contributed by atoms with Crippen LogP contribution in [0.4, 0.5) is 10.6 Å². The van der Waals surface area contributed by atoms with E-state index >= 15 is 0 Å².